The van der Waals surface area contributed by atoms with Crippen molar-refractivity contribution in [1.82, 2.24) is 9.80 Å². The number of piperidine rings is 1. The number of amides is 1. The van der Waals surface area contributed by atoms with Crippen molar-refractivity contribution in [2.24, 2.45) is 5.92 Å². The summed E-state index contributed by atoms with van der Waals surface area (Å²) < 4.78 is 17.9. The fourth-order valence-electron chi connectivity index (χ4n) is 7.69. The third kappa shape index (κ3) is 4.09. The zero-order valence-electron chi connectivity index (χ0n) is 22.7. The van der Waals surface area contributed by atoms with E-state index >= 15 is 0 Å². The summed E-state index contributed by atoms with van der Waals surface area (Å²) in [5, 5.41) is 0. The van der Waals surface area contributed by atoms with Gasteiger partial charge in [0.1, 0.15) is 11.9 Å². The van der Waals surface area contributed by atoms with Crippen LogP contribution in [0, 0.1) is 17.8 Å². The van der Waals surface area contributed by atoms with E-state index in [2.05, 4.69) is 29.4 Å². The lowest BCUT2D eigenvalue weighted by molar-refractivity contribution is -0.139. The smallest absolute Gasteiger partial charge is 0.307 e. The van der Waals surface area contributed by atoms with Crippen LogP contribution >= 0.6 is 0 Å². The van der Waals surface area contributed by atoms with Crippen molar-refractivity contribution < 1.29 is 23.8 Å². The molecule has 4 aliphatic rings. The number of likely N-dealkylation sites (N-methyl/N-ethyl adjacent to an activating group) is 1. The van der Waals surface area contributed by atoms with Gasteiger partial charge in [0.05, 0.1) is 19.7 Å². The van der Waals surface area contributed by atoms with Crippen LogP contribution in [0.15, 0.2) is 54.8 Å². The van der Waals surface area contributed by atoms with E-state index < -0.39 is 0 Å². The Hall–Kier alpha value is -3.76. The molecule has 6 rings (SSSR count). The standard InChI is InChI=1S/C32H34N2O5/c1-20(38-21(2)35)19-34-17-16-32-24-12-13-25(33(3)28(36)15-10-22-8-6-5-7-9-22)31(32)39-30-27(37-4)14-11-23(29(30)32)18-26(24)34/h5-9,11,14,24-26,31H,1,12-13,16-19H2,2-4H3/t24-,25+,26+,31-,32-/m0/s1. The number of hydrogen-bond donors (Lipinski definition) is 0. The molecule has 2 fully saturated rings. The van der Waals surface area contributed by atoms with Gasteiger partial charge in [-0.25, -0.2) is 0 Å². The summed E-state index contributed by atoms with van der Waals surface area (Å²) in [6.07, 6.45) is 3.38. The van der Waals surface area contributed by atoms with E-state index in [1.807, 2.05) is 43.4 Å². The average Bonchev–Trinajstić information content (AvgIpc) is 3.27. The molecule has 202 valence electrons. The molecule has 2 aliphatic carbocycles. The highest BCUT2D eigenvalue weighted by Crippen LogP contribution is 2.64. The number of hydrogen-bond acceptors (Lipinski definition) is 6. The van der Waals surface area contributed by atoms with Gasteiger partial charge in [0.25, 0.3) is 5.91 Å². The van der Waals surface area contributed by atoms with Crippen molar-refractivity contribution >= 4 is 11.9 Å². The molecule has 1 saturated carbocycles. The molecule has 1 saturated heterocycles. The van der Waals surface area contributed by atoms with E-state index in [0.717, 1.165) is 49.3 Å². The number of carbonyl (C=O) groups excluding carboxylic acids is 2. The van der Waals surface area contributed by atoms with Gasteiger partial charge in [-0.3, -0.25) is 14.5 Å². The van der Waals surface area contributed by atoms with Crippen LogP contribution in [0.1, 0.15) is 42.9 Å². The Morgan fingerprint density at radius 3 is 2.74 bits per heavy atom. The molecule has 1 spiro atoms. The second-order valence-corrected chi connectivity index (χ2v) is 11.1. The summed E-state index contributed by atoms with van der Waals surface area (Å²) in [7, 11) is 3.53. The largest absolute Gasteiger partial charge is 0.493 e. The SMILES string of the molecule is C=C(CN1CC[C@]23c4c5ccc(OC)c4O[C@H]2[C@H](N(C)C(=O)C#Cc2ccccc2)CC[C@H]3[C@H]1C5)OC(C)=O. The van der Waals surface area contributed by atoms with Crippen LogP contribution in [-0.4, -0.2) is 67.1 Å². The van der Waals surface area contributed by atoms with Gasteiger partial charge in [0.2, 0.25) is 0 Å². The zero-order valence-corrected chi connectivity index (χ0v) is 22.7. The zero-order chi connectivity index (χ0) is 27.3. The summed E-state index contributed by atoms with van der Waals surface area (Å²) in [5.41, 5.74) is 3.15. The third-order valence-corrected chi connectivity index (χ3v) is 9.18. The predicted molar refractivity (Wildman–Crippen MR) is 146 cm³/mol. The maximum absolute atomic E-state index is 13.3. The molecule has 7 nitrogen and oxygen atoms in total. The Bertz CT molecular complexity index is 1390. The van der Waals surface area contributed by atoms with Crippen molar-refractivity contribution in [3.05, 3.63) is 71.5 Å². The van der Waals surface area contributed by atoms with Gasteiger partial charge in [0, 0.05) is 42.5 Å². The van der Waals surface area contributed by atoms with Crippen LogP contribution in [0.5, 0.6) is 11.5 Å². The van der Waals surface area contributed by atoms with Crippen LogP contribution in [0.4, 0.5) is 0 Å². The molecule has 7 heteroatoms. The number of rotatable bonds is 5. The molecule has 1 amide bonds. The van der Waals surface area contributed by atoms with Crippen LogP contribution in [0.2, 0.25) is 0 Å². The molecule has 0 N–H and O–H groups in total. The van der Waals surface area contributed by atoms with E-state index in [9.17, 15) is 9.59 Å². The Labute approximate surface area is 229 Å². The average molecular weight is 527 g/mol. The number of likely N-dealkylation sites (tertiary alicyclic amines) is 1. The van der Waals surface area contributed by atoms with E-state index in [4.69, 9.17) is 14.2 Å². The van der Waals surface area contributed by atoms with Crippen molar-refractivity contribution in [2.45, 2.75) is 56.2 Å². The van der Waals surface area contributed by atoms with E-state index in [1.54, 1.807) is 12.0 Å². The van der Waals surface area contributed by atoms with E-state index in [0.29, 0.717) is 18.2 Å². The summed E-state index contributed by atoms with van der Waals surface area (Å²) in [4.78, 5) is 29.0. The van der Waals surface area contributed by atoms with E-state index in [1.165, 1.54) is 18.1 Å². The number of esters is 1. The first kappa shape index (κ1) is 25.5. The first-order chi connectivity index (χ1) is 18.8. The van der Waals surface area contributed by atoms with Crippen LogP contribution < -0.4 is 9.47 Å². The lowest BCUT2D eigenvalue weighted by atomic mass is 9.51. The molecule has 2 aromatic rings. The molecule has 5 atom stereocenters. The molecule has 2 aliphatic heterocycles. The Kier molecular flexibility index (Phi) is 6.39. The van der Waals surface area contributed by atoms with Gasteiger partial charge in [0.15, 0.2) is 11.5 Å². The van der Waals surface area contributed by atoms with Crippen molar-refractivity contribution in [2.75, 3.05) is 27.2 Å². The fourth-order valence-corrected chi connectivity index (χ4v) is 7.69. The summed E-state index contributed by atoms with van der Waals surface area (Å²) in [6, 6.07) is 13.9. The van der Waals surface area contributed by atoms with Gasteiger partial charge in [-0.05, 0) is 61.9 Å². The van der Waals surface area contributed by atoms with Crippen molar-refractivity contribution in [1.29, 1.82) is 0 Å². The molecular weight excluding hydrogens is 492 g/mol. The van der Waals surface area contributed by atoms with Crippen LogP contribution in [-0.2, 0) is 26.2 Å². The number of methoxy groups -OCH3 is 1. The third-order valence-electron chi connectivity index (χ3n) is 9.18. The van der Waals surface area contributed by atoms with Crippen LogP contribution in [0.25, 0.3) is 0 Å². The normalized spacial score (nSPS) is 27.8. The van der Waals surface area contributed by atoms with Crippen molar-refractivity contribution in [3.8, 4) is 23.3 Å². The Morgan fingerprint density at radius 1 is 1.21 bits per heavy atom. The first-order valence-corrected chi connectivity index (χ1v) is 13.6. The topological polar surface area (TPSA) is 68.3 Å². The highest BCUT2D eigenvalue weighted by atomic mass is 16.5. The highest BCUT2D eigenvalue weighted by molar-refractivity contribution is 5.94. The lowest BCUT2D eigenvalue weighted by Crippen LogP contribution is -2.69. The van der Waals surface area contributed by atoms with Gasteiger partial charge in [-0.2, -0.15) is 0 Å². The van der Waals surface area contributed by atoms with Gasteiger partial charge in [-0.1, -0.05) is 36.8 Å². The first-order valence-electron chi connectivity index (χ1n) is 13.6. The summed E-state index contributed by atoms with van der Waals surface area (Å²) in [6.45, 7) is 6.76. The predicted octanol–water partition coefficient (Wildman–Crippen LogP) is 3.69. The molecule has 0 aromatic heterocycles. The second kappa shape index (κ2) is 9.77. The molecule has 0 radical (unpaired) electrons. The number of benzene rings is 2. The number of carbonyl (C=O) groups is 2. The lowest BCUT2D eigenvalue weighted by Gasteiger charge is -2.60. The summed E-state index contributed by atoms with van der Waals surface area (Å²) in [5.74, 6) is 7.74. The molecule has 0 unspecified atom stereocenters. The van der Waals surface area contributed by atoms with Gasteiger partial charge >= 0.3 is 5.97 Å². The molecule has 2 bridgehead atoms. The quantitative estimate of drug-likeness (QED) is 0.336. The Balaban J connectivity index is 1.34. The Morgan fingerprint density at radius 2 is 2.00 bits per heavy atom. The second-order valence-electron chi connectivity index (χ2n) is 11.1. The minimum atomic E-state index is -0.341. The van der Waals surface area contributed by atoms with Crippen molar-refractivity contribution in [3.63, 3.8) is 0 Å². The summed E-state index contributed by atoms with van der Waals surface area (Å²) >= 11 is 0. The van der Waals surface area contributed by atoms with E-state index in [-0.39, 0.29) is 35.5 Å². The number of ether oxygens (including phenoxy) is 3. The fraction of sp³-hybridized carbons (Fsp3) is 0.438. The minimum absolute atomic E-state index is 0.106. The van der Waals surface area contributed by atoms with Crippen LogP contribution in [0.3, 0.4) is 0 Å². The maximum atomic E-state index is 13.3. The van der Waals surface area contributed by atoms with Gasteiger partial charge < -0.3 is 19.1 Å². The monoisotopic (exact) mass is 526 g/mol. The molecule has 2 heterocycles. The van der Waals surface area contributed by atoms with Gasteiger partial charge in [-0.15, -0.1) is 0 Å². The molecule has 2 aromatic carbocycles. The minimum Gasteiger partial charge on any atom is -0.493 e. The molecular formula is C32H34N2O5. The number of nitrogens with zero attached hydrogens (tertiary/aromatic N) is 2. The highest BCUT2D eigenvalue weighted by Gasteiger charge is 2.66. The maximum Gasteiger partial charge on any atom is 0.307 e. The molecule has 39 heavy (non-hydrogen) atoms.